The quantitative estimate of drug-likeness (QED) is 0.235. The molecule has 6 nitrogen and oxygen atoms in total. The summed E-state index contributed by atoms with van der Waals surface area (Å²) in [6.45, 7) is 0. The lowest BCUT2D eigenvalue weighted by Gasteiger charge is -2.10. The molecule has 0 aliphatic heterocycles. The topological polar surface area (TPSA) is 73.8 Å². The van der Waals surface area contributed by atoms with Gasteiger partial charge in [0.2, 0.25) is 0 Å². The van der Waals surface area contributed by atoms with E-state index in [9.17, 15) is 18.9 Å². The van der Waals surface area contributed by atoms with E-state index in [0.29, 0.717) is 27.9 Å². The summed E-state index contributed by atoms with van der Waals surface area (Å²) in [5, 5.41) is 20.0. The minimum Gasteiger partial charge on any atom is -0.270 e. The first-order valence-electron chi connectivity index (χ1n) is 8.85. The van der Waals surface area contributed by atoms with Crippen LogP contribution in [0.5, 0.6) is 0 Å². The zero-order valence-electron chi connectivity index (χ0n) is 15.4. The van der Waals surface area contributed by atoms with Gasteiger partial charge in [0, 0.05) is 29.1 Å². The molecule has 0 spiro atoms. The van der Waals surface area contributed by atoms with Gasteiger partial charge in [0.05, 0.1) is 4.92 Å². The summed E-state index contributed by atoms with van der Waals surface area (Å²) in [5.74, 6) is -0.910. The molecular weight excluding hydrogens is 410 g/mol. The highest BCUT2D eigenvalue weighted by Crippen LogP contribution is 2.30. The van der Waals surface area contributed by atoms with E-state index in [1.807, 2.05) is 34.9 Å². The van der Waals surface area contributed by atoms with Crippen LogP contribution in [0.4, 0.5) is 14.5 Å². The molecular formula is C21H14F2N4O2S. The zero-order chi connectivity index (χ0) is 21.1. The van der Waals surface area contributed by atoms with Crippen LogP contribution in [0, 0.1) is 21.7 Å². The lowest BCUT2D eigenvalue weighted by atomic mass is 10.2. The Hall–Kier alpha value is -3.59. The fraction of sp³-hybridized carbons (Fsp3) is 0.0476. The summed E-state index contributed by atoms with van der Waals surface area (Å²) in [7, 11) is 0. The second-order valence-electron chi connectivity index (χ2n) is 6.32. The Morgan fingerprint density at radius 2 is 1.67 bits per heavy atom. The summed E-state index contributed by atoms with van der Waals surface area (Å²) in [5.41, 5.74) is 2.07. The molecule has 150 valence electrons. The molecule has 0 saturated carbocycles. The maximum absolute atomic E-state index is 13.5. The van der Waals surface area contributed by atoms with Crippen LogP contribution in [-0.2, 0) is 5.75 Å². The molecule has 0 bridgehead atoms. The molecule has 0 amide bonds. The van der Waals surface area contributed by atoms with Crippen LogP contribution >= 0.6 is 11.8 Å². The van der Waals surface area contributed by atoms with E-state index in [4.69, 9.17) is 0 Å². The summed E-state index contributed by atoms with van der Waals surface area (Å²) < 4.78 is 28.5. The monoisotopic (exact) mass is 424 g/mol. The predicted molar refractivity (Wildman–Crippen MR) is 109 cm³/mol. The molecule has 3 aromatic carbocycles. The minimum absolute atomic E-state index is 0.0162. The van der Waals surface area contributed by atoms with E-state index in [-0.39, 0.29) is 5.69 Å². The molecule has 30 heavy (non-hydrogen) atoms. The van der Waals surface area contributed by atoms with Crippen molar-refractivity contribution in [2.24, 2.45) is 0 Å². The lowest BCUT2D eigenvalue weighted by molar-refractivity contribution is -0.384. The standard InChI is InChI=1S/C21H14F2N4O2S/c22-18-11-6-14(12-19(18)23)13-30-21-25-24-20(26(21)16-4-2-1-3-5-16)15-7-9-17(10-8-15)27(28)29/h1-12H,13H2. The van der Waals surface area contributed by atoms with E-state index in [2.05, 4.69) is 10.2 Å². The number of halogens is 2. The fourth-order valence-electron chi connectivity index (χ4n) is 2.87. The Balaban J connectivity index is 1.70. The highest BCUT2D eigenvalue weighted by Gasteiger charge is 2.17. The van der Waals surface area contributed by atoms with Gasteiger partial charge in [-0.15, -0.1) is 10.2 Å². The maximum atomic E-state index is 13.5. The number of hydrogen-bond donors (Lipinski definition) is 0. The number of thioether (sulfide) groups is 1. The van der Waals surface area contributed by atoms with Gasteiger partial charge in [0.25, 0.3) is 5.69 Å². The number of hydrogen-bond acceptors (Lipinski definition) is 5. The van der Waals surface area contributed by atoms with Gasteiger partial charge < -0.3 is 0 Å². The van der Waals surface area contributed by atoms with Gasteiger partial charge in [-0.25, -0.2) is 8.78 Å². The molecule has 1 heterocycles. The Labute approximate surface area is 174 Å². The second kappa shape index (κ2) is 8.42. The molecule has 4 aromatic rings. The van der Waals surface area contributed by atoms with Crippen LogP contribution in [-0.4, -0.2) is 19.7 Å². The Bertz CT molecular complexity index is 1200. The molecule has 0 fully saturated rings. The van der Waals surface area contributed by atoms with Crippen LogP contribution in [0.1, 0.15) is 5.56 Å². The van der Waals surface area contributed by atoms with Crippen molar-refractivity contribution >= 4 is 17.4 Å². The molecule has 0 radical (unpaired) electrons. The van der Waals surface area contributed by atoms with E-state index in [1.54, 1.807) is 12.1 Å². The first-order chi connectivity index (χ1) is 14.5. The van der Waals surface area contributed by atoms with Crippen LogP contribution in [0.2, 0.25) is 0 Å². The number of nitro benzene ring substituents is 1. The molecule has 0 saturated heterocycles. The molecule has 0 unspecified atom stereocenters. The second-order valence-corrected chi connectivity index (χ2v) is 7.26. The largest absolute Gasteiger partial charge is 0.270 e. The van der Waals surface area contributed by atoms with Gasteiger partial charge in [-0.2, -0.15) is 0 Å². The van der Waals surface area contributed by atoms with E-state index in [1.165, 1.54) is 30.0 Å². The van der Waals surface area contributed by atoms with Crippen LogP contribution in [0.25, 0.3) is 17.1 Å². The zero-order valence-corrected chi connectivity index (χ0v) is 16.2. The third-order valence-electron chi connectivity index (χ3n) is 4.34. The van der Waals surface area contributed by atoms with Crippen LogP contribution in [0.15, 0.2) is 78.0 Å². The van der Waals surface area contributed by atoms with Gasteiger partial charge in [0.15, 0.2) is 22.6 Å². The summed E-state index contributed by atoms with van der Waals surface area (Å²) in [4.78, 5) is 10.5. The van der Waals surface area contributed by atoms with Crippen molar-refractivity contribution in [2.75, 3.05) is 0 Å². The van der Waals surface area contributed by atoms with Gasteiger partial charge in [-0.05, 0) is 42.0 Å². The Morgan fingerprint density at radius 1 is 0.933 bits per heavy atom. The van der Waals surface area contributed by atoms with Crippen molar-refractivity contribution in [3.05, 3.63) is 100 Å². The summed E-state index contributed by atoms with van der Waals surface area (Å²) in [6.07, 6.45) is 0. The normalized spacial score (nSPS) is 10.9. The van der Waals surface area contributed by atoms with Crippen molar-refractivity contribution in [3.8, 4) is 17.1 Å². The molecule has 0 aliphatic rings. The number of nitrogens with zero attached hydrogens (tertiary/aromatic N) is 4. The molecule has 9 heteroatoms. The Morgan fingerprint density at radius 3 is 2.33 bits per heavy atom. The average molecular weight is 424 g/mol. The van der Waals surface area contributed by atoms with E-state index < -0.39 is 16.6 Å². The first-order valence-corrected chi connectivity index (χ1v) is 9.84. The number of aromatic nitrogens is 3. The predicted octanol–water partition coefficient (Wildman–Crippen LogP) is 5.41. The van der Waals surface area contributed by atoms with Gasteiger partial charge in [0.1, 0.15) is 0 Å². The van der Waals surface area contributed by atoms with Crippen LogP contribution in [0.3, 0.4) is 0 Å². The minimum atomic E-state index is -0.899. The highest BCUT2D eigenvalue weighted by molar-refractivity contribution is 7.98. The maximum Gasteiger partial charge on any atom is 0.269 e. The smallest absolute Gasteiger partial charge is 0.269 e. The van der Waals surface area contributed by atoms with Gasteiger partial charge >= 0.3 is 0 Å². The Kier molecular flexibility index (Phi) is 5.53. The van der Waals surface area contributed by atoms with Crippen molar-refractivity contribution in [1.82, 2.24) is 14.8 Å². The molecule has 1 aromatic heterocycles. The van der Waals surface area contributed by atoms with E-state index >= 15 is 0 Å². The number of rotatable bonds is 6. The molecule has 4 rings (SSSR count). The average Bonchev–Trinajstić information content (AvgIpc) is 3.19. The summed E-state index contributed by atoms with van der Waals surface area (Å²) >= 11 is 1.33. The third-order valence-corrected chi connectivity index (χ3v) is 5.34. The highest BCUT2D eigenvalue weighted by atomic mass is 32.2. The fourth-order valence-corrected chi connectivity index (χ4v) is 3.76. The molecule has 0 N–H and O–H groups in total. The van der Waals surface area contributed by atoms with Crippen molar-refractivity contribution in [1.29, 1.82) is 0 Å². The number of non-ortho nitro benzene ring substituents is 1. The first kappa shape index (κ1) is 19.7. The molecule has 0 atom stereocenters. The van der Waals surface area contributed by atoms with Gasteiger partial charge in [-0.1, -0.05) is 36.0 Å². The molecule has 0 aliphatic carbocycles. The van der Waals surface area contributed by atoms with Crippen LogP contribution < -0.4 is 0 Å². The van der Waals surface area contributed by atoms with Gasteiger partial charge in [-0.3, -0.25) is 14.7 Å². The lowest BCUT2D eigenvalue weighted by Crippen LogP contribution is -2.00. The SMILES string of the molecule is O=[N+]([O-])c1ccc(-c2nnc(SCc3ccc(F)c(F)c3)n2-c2ccccc2)cc1. The van der Waals surface area contributed by atoms with Crippen molar-refractivity contribution in [2.45, 2.75) is 10.9 Å². The van der Waals surface area contributed by atoms with Crippen molar-refractivity contribution < 1.29 is 13.7 Å². The summed E-state index contributed by atoms with van der Waals surface area (Å²) in [6, 6.07) is 19.2. The number of benzene rings is 3. The number of nitro groups is 1. The third kappa shape index (κ3) is 4.06. The van der Waals surface area contributed by atoms with Crippen molar-refractivity contribution in [3.63, 3.8) is 0 Å². The van der Waals surface area contributed by atoms with E-state index in [0.717, 1.165) is 17.8 Å². The number of para-hydroxylation sites is 1.